The van der Waals surface area contributed by atoms with E-state index >= 15 is 0 Å². The van der Waals surface area contributed by atoms with Gasteiger partial charge in [0.05, 0.1) is 0 Å². The van der Waals surface area contributed by atoms with Crippen LogP contribution in [0.4, 0.5) is 0 Å². The first-order valence-electron chi connectivity index (χ1n) is 7.10. The van der Waals surface area contributed by atoms with Gasteiger partial charge in [0.25, 0.3) is 0 Å². The lowest BCUT2D eigenvalue weighted by molar-refractivity contribution is -0.143. The van der Waals surface area contributed by atoms with Crippen LogP contribution in [-0.4, -0.2) is 44.9 Å². The highest BCUT2D eigenvalue weighted by Crippen LogP contribution is 2.42. The second-order valence-electron chi connectivity index (χ2n) is 5.83. The van der Waals surface area contributed by atoms with E-state index in [0.29, 0.717) is 11.8 Å². The molecule has 1 aromatic heterocycles. The Labute approximate surface area is 113 Å². The number of fused-ring (bicyclic) bond motifs is 1. The Kier molecular flexibility index (Phi) is 3.31. The number of carboxylic acids is 1. The van der Waals surface area contributed by atoms with Crippen LogP contribution < -0.4 is 0 Å². The smallest absolute Gasteiger partial charge is 0.321 e. The van der Waals surface area contributed by atoms with Crippen molar-refractivity contribution in [2.45, 2.75) is 31.7 Å². The van der Waals surface area contributed by atoms with Crippen molar-refractivity contribution in [3.05, 3.63) is 18.0 Å². The van der Waals surface area contributed by atoms with Crippen LogP contribution in [0, 0.1) is 11.8 Å². The van der Waals surface area contributed by atoms with E-state index in [1.165, 1.54) is 18.5 Å². The molecule has 104 valence electrons. The van der Waals surface area contributed by atoms with Gasteiger partial charge in [-0.25, -0.2) is 0 Å². The lowest BCUT2D eigenvalue weighted by atomic mass is 9.94. The van der Waals surface area contributed by atoms with Crippen LogP contribution in [0.1, 0.15) is 25.0 Å². The van der Waals surface area contributed by atoms with Gasteiger partial charge in [-0.3, -0.25) is 14.4 Å². The monoisotopic (exact) mass is 263 g/mol. The maximum absolute atomic E-state index is 11.5. The molecule has 1 aliphatic heterocycles. The number of rotatable bonds is 4. The van der Waals surface area contributed by atoms with E-state index in [-0.39, 0.29) is 6.04 Å². The van der Waals surface area contributed by atoms with E-state index in [1.54, 1.807) is 6.20 Å². The molecule has 1 aromatic rings. The van der Waals surface area contributed by atoms with Crippen molar-refractivity contribution in [1.29, 1.82) is 0 Å². The highest BCUT2D eigenvalue weighted by atomic mass is 16.4. The molecule has 1 saturated heterocycles. The average molecular weight is 263 g/mol. The second-order valence-corrected chi connectivity index (χ2v) is 5.83. The van der Waals surface area contributed by atoms with E-state index < -0.39 is 5.97 Å². The van der Waals surface area contributed by atoms with Gasteiger partial charge in [0.1, 0.15) is 6.04 Å². The lowest BCUT2D eigenvalue weighted by Gasteiger charge is -2.24. The molecular formula is C14H21N3O2. The number of carboxylic acid groups (broad SMARTS) is 1. The first kappa shape index (κ1) is 12.7. The molecule has 2 aliphatic rings. The lowest BCUT2D eigenvalue weighted by Crippen LogP contribution is -2.40. The zero-order valence-electron chi connectivity index (χ0n) is 11.3. The first-order chi connectivity index (χ1) is 9.16. The van der Waals surface area contributed by atoms with Crippen molar-refractivity contribution in [2.24, 2.45) is 18.9 Å². The van der Waals surface area contributed by atoms with Crippen LogP contribution in [0.15, 0.2) is 12.3 Å². The quantitative estimate of drug-likeness (QED) is 0.885. The number of hydrogen-bond donors (Lipinski definition) is 1. The maximum Gasteiger partial charge on any atom is 0.321 e. The Morgan fingerprint density at radius 3 is 3.05 bits per heavy atom. The molecule has 0 radical (unpaired) electrons. The zero-order valence-corrected chi connectivity index (χ0v) is 11.3. The zero-order chi connectivity index (χ0) is 13.4. The molecule has 3 unspecified atom stereocenters. The predicted molar refractivity (Wildman–Crippen MR) is 70.7 cm³/mol. The summed E-state index contributed by atoms with van der Waals surface area (Å²) in [6.45, 7) is 1.78. The van der Waals surface area contributed by atoms with E-state index in [0.717, 1.165) is 25.9 Å². The average Bonchev–Trinajstić information content (AvgIpc) is 3.00. The first-order valence-corrected chi connectivity index (χ1v) is 7.10. The molecule has 2 fully saturated rings. The molecule has 1 aliphatic carbocycles. The minimum Gasteiger partial charge on any atom is -0.480 e. The van der Waals surface area contributed by atoms with Crippen molar-refractivity contribution >= 4 is 5.97 Å². The fourth-order valence-corrected chi connectivity index (χ4v) is 3.87. The third-order valence-corrected chi connectivity index (χ3v) is 4.82. The molecule has 0 amide bonds. The van der Waals surface area contributed by atoms with Crippen LogP contribution in [-0.2, 0) is 18.3 Å². The Balaban J connectivity index is 1.67. The van der Waals surface area contributed by atoms with Crippen molar-refractivity contribution in [2.75, 3.05) is 13.1 Å². The number of aliphatic carboxylic acids is 1. The number of aromatic nitrogens is 2. The normalized spacial score (nSPS) is 30.7. The molecule has 3 atom stereocenters. The molecule has 5 heteroatoms. The van der Waals surface area contributed by atoms with Gasteiger partial charge in [0.15, 0.2) is 0 Å². The molecule has 0 bridgehead atoms. The van der Waals surface area contributed by atoms with Gasteiger partial charge in [-0.2, -0.15) is 5.10 Å². The standard InChI is InChI=1S/C14H21N3O2/c1-16-11(5-7-15-16)6-8-17-9-10-3-2-4-12(10)13(17)14(18)19/h5,7,10,12-13H,2-4,6,8-9H2,1H3,(H,18,19). The number of hydrogen-bond acceptors (Lipinski definition) is 3. The van der Waals surface area contributed by atoms with Crippen molar-refractivity contribution < 1.29 is 9.90 Å². The molecule has 3 rings (SSSR count). The number of likely N-dealkylation sites (tertiary alicyclic amines) is 1. The van der Waals surface area contributed by atoms with Crippen LogP contribution in [0.2, 0.25) is 0 Å². The van der Waals surface area contributed by atoms with Gasteiger partial charge in [-0.05, 0) is 30.7 Å². The fourth-order valence-electron chi connectivity index (χ4n) is 3.87. The molecule has 1 N–H and O–H groups in total. The van der Waals surface area contributed by atoms with Crippen LogP contribution in [0.5, 0.6) is 0 Å². The number of nitrogens with zero attached hydrogens (tertiary/aromatic N) is 3. The highest BCUT2D eigenvalue weighted by molar-refractivity contribution is 5.74. The number of carbonyl (C=O) groups is 1. The molecule has 2 heterocycles. The minimum absolute atomic E-state index is 0.263. The topological polar surface area (TPSA) is 58.4 Å². The van der Waals surface area contributed by atoms with Crippen LogP contribution in [0.3, 0.4) is 0 Å². The Hall–Kier alpha value is -1.36. The number of aryl methyl sites for hydroxylation is 1. The summed E-state index contributed by atoms with van der Waals surface area (Å²) in [6, 6.07) is 1.74. The third kappa shape index (κ3) is 2.27. The maximum atomic E-state index is 11.5. The Morgan fingerprint density at radius 1 is 1.53 bits per heavy atom. The van der Waals surface area contributed by atoms with Crippen molar-refractivity contribution in [3.63, 3.8) is 0 Å². The largest absolute Gasteiger partial charge is 0.480 e. The summed E-state index contributed by atoms with van der Waals surface area (Å²) in [6.07, 6.45) is 6.16. The van der Waals surface area contributed by atoms with Gasteiger partial charge in [0.2, 0.25) is 0 Å². The van der Waals surface area contributed by atoms with E-state index in [1.807, 2.05) is 17.8 Å². The summed E-state index contributed by atoms with van der Waals surface area (Å²) in [5.74, 6) is 0.344. The van der Waals surface area contributed by atoms with Crippen LogP contribution >= 0.6 is 0 Å². The highest BCUT2D eigenvalue weighted by Gasteiger charge is 2.47. The molecule has 5 nitrogen and oxygen atoms in total. The molecular weight excluding hydrogens is 242 g/mol. The van der Waals surface area contributed by atoms with Gasteiger partial charge in [-0.1, -0.05) is 6.42 Å². The minimum atomic E-state index is -0.639. The molecule has 1 saturated carbocycles. The fraction of sp³-hybridized carbons (Fsp3) is 0.714. The SMILES string of the molecule is Cn1nccc1CCN1CC2CCCC2C1C(=O)O. The van der Waals surface area contributed by atoms with Crippen LogP contribution in [0.25, 0.3) is 0 Å². The van der Waals surface area contributed by atoms with Gasteiger partial charge < -0.3 is 5.11 Å². The summed E-state index contributed by atoms with van der Waals surface area (Å²) in [7, 11) is 1.93. The Morgan fingerprint density at radius 2 is 2.37 bits per heavy atom. The second kappa shape index (κ2) is 4.96. The predicted octanol–water partition coefficient (Wildman–Crippen LogP) is 1.15. The molecule has 19 heavy (non-hydrogen) atoms. The van der Waals surface area contributed by atoms with Crippen molar-refractivity contribution in [3.8, 4) is 0 Å². The van der Waals surface area contributed by atoms with Crippen molar-refractivity contribution in [1.82, 2.24) is 14.7 Å². The van der Waals surface area contributed by atoms with Gasteiger partial charge in [0, 0.05) is 38.4 Å². The van der Waals surface area contributed by atoms with Gasteiger partial charge in [-0.15, -0.1) is 0 Å². The summed E-state index contributed by atoms with van der Waals surface area (Å²) < 4.78 is 1.87. The summed E-state index contributed by atoms with van der Waals surface area (Å²) in [5.41, 5.74) is 1.17. The molecule has 0 spiro atoms. The summed E-state index contributed by atoms with van der Waals surface area (Å²) >= 11 is 0. The summed E-state index contributed by atoms with van der Waals surface area (Å²) in [5, 5.41) is 13.6. The third-order valence-electron chi connectivity index (χ3n) is 4.82. The van der Waals surface area contributed by atoms with E-state index in [9.17, 15) is 9.90 Å². The van der Waals surface area contributed by atoms with Gasteiger partial charge >= 0.3 is 5.97 Å². The molecule has 0 aromatic carbocycles. The van der Waals surface area contributed by atoms with E-state index in [2.05, 4.69) is 10.00 Å². The Bertz CT molecular complexity index is 471. The summed E-state index contributed by atoms with van der Waals surface area (Å²) in [4.78, 5) is 13.7. The van der Waals surface area contributed by atoms with E-state index in [4.69, 9.17) is 0 Å².